The number of ether oxygens (including phenoxy) is 1. The van der Waals surface area contributed by atoms with Crippen LogP contribution in [0.4, 0.5) is 14.6 Å². The van der Waals surface area contributed by atoms with Gasteiger partial charge < -0.3 is 15.4 Å². The minimum Gasteiger partial charge on any atom is -0.487 e. The maximum atomic E-state index is 13.2. The number of hydrogen-bond acceptors (Lipinski definition) is 5. The van der Waals surface area contributed by atoms with Crippen LogP contribution >= 0.6 is 0 Å². The van der Waals surface area contributed by atoms with Crippen LogP contribution in [0.2, 0.25) is 0 Å². The van der Waals surface area contributed by atoms with Gasteiger partial charge in [0.15, 0.2) is 6.61 Å². The number of carbonyl (C=O) groups excluding carboxylic acids is 2. The summed E-state index contributed by atoms with van der Waals surface area (Å²) in [6.45, 7) is 0.767. The summed E-state index contributed by atoms with van der Waals surface area (Å²) in [5.74, 6) is -2.03. The Kier molecular flexibility index (Phi) is 7.40. The molecule has 1 fully saturated rings. The number of carbonyl (C=O) groups is 2. The Morgan fingerprint density at radius 1 is 1.24 bits per heavy atom. The smallest absolute Gasteiger partial charge is 0.278 e. The molecule has 2 N–H and O–H groups in total. The van der Waals surface area contributed by atoms with Crippen molar-refractivity contribution in [3.8, 4) is 5.75 Å². The first kappa shape index (κ1) is 25.8. The molecule has 0 spiro atoms. The highest BCUT2D eigenvalue weighted by atomic mass is 19.3. The minimum absolute atomic E-state index is 0.145. The van der Waals surface area contributed by atoms with E-state index < -0.39 is 12.5 Å². The lowest BCUT2D eigenvalue weighted by Crippen LogP contribution is -2.41. The van der Waals surface area contributed by atoms with Gasteiger partial charge in [-0.05, 0) is 55.0 Å². The lowest BCUT2D eigenvalue weighted by atomic mass is 9.96. The van der Waals surface area contributed by atoms with E-state index >= 15 is 0 Å². The first-order valence-corrected chi connectivity index (χ1v) is 13.0. The predicted molar refractivity (Wildman–Crippen MR) is 138 cm³/mol. The molecule has 1 aromatic carbocycles. The van der Waals surface area contributed by atoms with Crippen LogP contribution in [0, 0.1) is 5.92 Å². The Balaban J connectivity index is 1.28. The zero-order valence-electron chi connectivity index (χ0n) is 21.3. The molecule has 3 aromatic rings. The number of aryl methyl sites for hydroxylation is 2. The Morgan fingerprint density at radius 3 is 2.82 bits per heavy atom. The molecule has 0 unspecified atom stereocenters. The Hall–Kier alpha value is -3.82. The van der Waals surface area contributed by atoms with Crippen molar-refractivity contribution < 1.29 is 23.1 Å². The lowest BCUT2D eigenvalue weighted by molar-refractivity contribution is -0.0229. The summed E-state index contributed by atoms with van der Waals surface area (Å²) in [6.07, 6.45) is 8.24. The van der Waals surface area contributed by atoms with Gasteiger partial charge in [-0.2, -0.15) is 5.10 Å². The van der Waals surface area contributed by atoms with Gasteiger partial charge in [0.1, 0.15) is 17.1 Å². The van der Waals surface area contributed by atoms with Crippen LogP contribution < -0.4 is 15.4 Å². The van der Waals surface area contributed by atoms with Gasteiger partial charge in [-0.25, -0.2) is 13.5 Å². The molecule has 10 heteroatoms. The molecule has 0 radical (unpaired) electrons. The summed E-state index contributed by atoms with van der Waals surface area (Å²) < 4.78 is 33.2. The van der Waals surface area contributed by atoms with E-state index in [-0.39, 0.29) is 17.9 Å². The number of hydrogen-bond donors (Lipinski definition) is 2. The van der Waals surface area contributed by atoms with E-state index in [0.717, 1.165) is 18.9 Å². The molecule has 3 heterocycles. The van der Waals surface area contributed by atoms with Crippen LogP contribution in [-0.4, -0.2) is 45.2 Å². The molecule has 2 aliphatic rings. The normalized spacial score (nSPS) is 17.0. The Labute approximate surface area is 219 Å². The van der Waals surface area contributed by atoms with Crippen molar-refractivity contribution >= 4 is 17.6 Å². The maximum Gasteiger partial charge on any atom is 0.278 e. The van der Waals surface area contributed by atoms with Crippen molar-refractivity contribution in [3.63, 3.8) is 0 Å². The summed E-state index contributed by atoms with van der Waals surface area (Å²) in [5.41, 5.74) is 2.41. The molecule has 0 saturated heterocycles. The topological polar surface area (TPSA) is 98.1 Å². The van der Waals surface area contributed by atoms with Crippen molar-refractivity contribution in [2.75, 3.05) is 11.9 Å². The molecule has 1 atom stereocenters. The second-order valence-corrected chi connectivity index (χ2v) is 10.2. The fourth-order valence-corrected chi connectivity index (χ4v) is 4.63. The molecule has 200 valence electrons. The zero-order valence-corrected chi connectivity index (χ0v) is 21.3. The fourth-order valence-electron chi connectivity index (χ4n) is 4.63. The number of anilines is 1. The number of aromatic nitrogens is 3. The summed E-state index contributed by atoms with van der Waals surface area (Å²) >= 11 is 0. The second kappa shape index (κ2) is 10.9. The van der Waals surface area contributed by atoms with E-state index in [4.69, 9.17) is 9.84 Å². The van der Waals surface area contributed by atoms with Gasteiger partial charge >= 0.3 is 0 Å². The predicted octanol–water partition coefficient (Wildman–Crippen LogP) is 4.65. The van der Waals surface area contributed by atoms with Crippen LogP contribution in [-0.2, 0) is 19.4 Å². The van der Waals surface area contributed by atoms with E-state index in [1.165, 1.54) is 19.0 Å². The van der Waals surface area contributed by atoms with E-state index in [2.05, 4.69) is 15.6 Å². The SMILES string of the molecule is CC(F)(F)COc1cccc(CC[C@H]2Cc3nn(CCC4CC4)c(NC(=O)c4cccnc4)c3C(=O)N2)c1. The zero-order chi connectivity index (χ0) is 26.7. The van der Waals surface area contributed by atoms with Gasteiger partial charge in [0, 0.05) is 38.3 Å². The van der Waals surface area contributed by atoms with Gasteiger partial charge in [0.05, 0.1) is 11.3 Å². The van der Waals surface area contributed by atoms with Gasteiger partial charge in [-0.3, -0.25) is 14.6 Å². The Morgan fingerprint density at radius 2 is 2.08 bits per heavy atom. The molecular weight excluding hydrogens is 492 g/mol. The number of benzene rings is 1. The van der Waals surface area contributed by atoms with E-state index in [1.807, 2.05) is 6.07 Å². The molecule has 2 aromatic heterocycles. The van der Waals surface area contributed by atoms with E-state index in [1.54, 1.807) is 41.2 Å². The first-order chi connectivity index (χ1) is 18.2. The monoisotopic (exact) mass is 523 g/mol. The number of amides is 2. The van der Waals surface area contributed by atoms with Crippen molar-refractivity contribution in [1.82, 2.24) is 20.1 Å². The summed E-state index contributed by atoms with van der Waals surface area (Å²) in [4.78, 5) is 30.1. The second-order valence-electron chi connectivity index (χ2n) is 10.2. The number of nitrogens with one attached hydrogen (secondary N) is 2. The van der Waals surface area contributed by atoms with E-state index in [9.17, 15) is 18.4 Å². The van der Waals surface area contributed by atoms with Crippen LogP contribution in [0.5, 0.6) is 5.75 Å². The molecule has 2 amide bonds. The average molecular weight is 524 g/mol. The molecule has 1 aliphatic heterocycles. The highest BCUT2D eigenvalue weighted by molar-refractivity contribution is 6.09. The Bertz CT molecular complexity index is 1300. The van der Waals surface area contributed by atoms with Gasteiger partial charge in [-0.15, -0.1) is 0 Å². The minimum atomic E-state index is -2.90. The molecule has 8 nitrogen and oxygen atoms in total. The van der Waals surface area contributed by atoms with Gasteiger partial charge in [0.25, 0.3) is 17.7 Å². The van der Waals surface area contributed by atoms with Crippen LogP contribution in [0.15, 0.2) is 48.8 Å². The molecule has 1 saturated carbocycles. The molecule has 1 aliphatic carbocycles. The van der Waals surface area contributed by atoms with Crippen molar-refractivity contribution in [3.05, 3.63) is 71.2 Å². The number of fused-ring (bicyclic) bond motifs is 1. The van der Waals surface area contributed by atoms with Crippen molar-refractivity contribution in [2.45, 2.75) is 64.0 Å². The number of nitrogens with zero attached hydrogens (tertiary/aromatic N) is 3. The first-order valence-electron chi connectivity index (χ1n) is 13.0. The highest BCUT2D eigenvalue weighted by Crippen LogP contribution is 2.34. The third-order valence-electron chi connectivity index (χ3n) is 6.80. The summed E-state index contributed by atoms with van der Waals surface area (Å²) in [7, 11) is 0. The highest BCUT2D eigenvalue weighted by Gasteiger charge is 2.33. The van der Waals surface area contributed by atoms with Crippen LogP contribution in [0.25, 0.3) is 0 Å². The average Bonchev–Trinajstić information content (AvgIpc) is 3.66. The summed E-state index contributed by atoms with van der Waals surface area (Å²) in [6, 6.07) is 10.3. The van der Waals surface area contributed by atoms with Gasteiger partial charge in [0.2, 0.25) is 0 Å². The number of alkyl halides is 2. The molecule has 38 heavy (non-hydrogen) atoms. The summed E-state index contributed by atoms with van der Waals surface area (Å²) in [5, 5.41) is 10.7. The quantitative estimate of drug-likeness (QED) is 0.381. The third-order valence-corrected chi connectivity index (χ3v) is 6.80. The largest absolute Gasteiger partial charge is 0.487 e. The van der Waals surface area contributed by atoms with Crippen LogP contribution in [0.3, 0.4) is 0 Å². The van der Waals surface area contributed by atoms with Crippen molar-refractivity contribution in [1.29, 1.82) is 0 Å². The maximum absolute atomic E-state index is 13.2. The molecule has 5 rings (SSSR count). The molecular formula is C28H31F2N5O3. The third kappa shape index (κ3) is 6.54. The fraction of sp³-hybridized carbons (Fsp3) is 0.429. The van der Waals surface area contributed by atoms with Crippen LogP contribution in [0.1, 0.15) is 64.6 Å². The van der Waals surface area contributed by atoms with Gasteiger partial charge in [-0.1, -0.05) is 25.0 Å². The van der Waals surface area contributed by atoms with Crippen molar-refractivity contribution in [2.24, 2.45) is 5.92 Å². The molecule has 0 bridgehead atoms. The number of rotatable bonds is 11. The number of pyridine rings is 1. The number of halogens is 2. The lowest BCUT2D eigenvalue weighted by Gasteiger charge is -2.23. The van der Waals surface area contributed by atoms with E-state index in [0.29, 0.717) is 60.1 Å². The standard InChI is InChI=1S/C28H31F2N5O3/c1-28(29,30)17-38-22-6-2-4-19(14-22)9-10-21-15-23-24(27(37)32-21)25(35(34-23)13-11-18-7-8-18)33-26(36)20-5-3-12-31-16-20/h2-6,12,14,16,18,21H,7-11,13,15,17H2,1H3,(H,32,37)(H,33,36)/t21-/m0/s1.